The maximum atomic E-state index is 12.4. The van der Waals surface area contributed by atoms with Crippen molar-refractivity contribution in [3.63, 3.8) is 0 Å². The largest absolute Gasteiger partial charge is 0.349 e. The van der Waals surface area contributed by atoms with Gasteiger partial charge in [0, 0.05) is 18.5 Å². The maximum Gasteiger partial charge on any atom is 0.270 e. The molecule has 4 rings (SSSR count). The number of aryl methyl sites for hydroxylation is 2. The highest BCUT2D eigenvalue weighted by Gasteiger charge is 2.16. The van der Waals surface area contributed by atoms with Gasteiger partial charge in [-0.3, -0.25) is 9.36 Å². The van der Waals surface area contributed by atoms with Crippen LogP contribution in [0.5, 0.6) is 0 Å². The molecule has 30 heavy (non-hydrogen) atoms. The number of nitrogens with one attached hydrogen (secondary N) is 1. The van der Waals surface area contributed by atoms with Gasteiger partial charge in [-0.25, -0.2) is 4.98 Å². The monoisotopic (exact) mass is 442 g/mol. The van der Waals surface area contributed by atoms with Gasteiger partial charge in [0.2, 0.25) is 0 Å². The Balaban J connectivity index is 1.35. The Morgan fingerprint density at radius 3 is 2.80 bits per heavy atom. The molecule has 1 fully saturated rings. The lowest BCUT2D eigenvalue weighted by molar-refractivity contribution is 0.0945. The predicted octanol–water partition coefficient (Wildman–Crippen LogP) is 3.46. The van der Waals surface area contributed by atoms with Gasteiger partial charge in [-0.2, -0.15) is 0 Å². The van der Waals surface area contributed by atoms with Crippen LogP contribution < -0.4 is 5.32 Å². The first-order valence-electron chi connectivity index (χ1n) is 10.2. The van der Waals surface area contributed by atoms with Crippen LogP contribution in [-0.2, 0) is 5.75 Å². The number of aromatic nitrogens is 4. The van der Waals surface area contributed by atoms with E-state index in [-0.39, 0.29) is 5.91 Å². The second-order valence-electron chi connectivity index (χ2n) is 7.37. The molecule has 9 heteroatoms. The molecule has 0 aliphatic carbocycles. The summed E-state index contributed by atoms with van der Waals surface area (Å²) in [5.74, 6) is 1.40. The Kier molecular flexibility index (Phi) is 6.81. The van der Waals surface area contributed by atoms with Crippen LogP contribution in [-0.4, -0.2) is 56.7 Å². The number of likely N-dealkylation sites (tertiary alicyclic amines) is 1. The van der Waals surface area contributed by atoms with Crippen LogP contribution in [0, 0.1) is 13.8 Å². The summed E-state index contributed by atoms with van der Waals surface area (Å²) in [5.41, 5.74) is 2.75. The van der Waals surface area contributed by atoms with E-state index >= 15 is 0 Å². The molecular formula is C21H26N6OS2. The molecule has 1 amide bonds. The number of carbonyl (C=O) groups is 1. The van der Waals surface area contributed by atoms with Crippen molar-refractivity contribution in [2.75, 3.05) is 26.2 Å². The van der Waals surface area contributed by atoms with Crippen molar-refractivity contribution in [1.82, 2.24) is 30.0 Å². The highest BCUT2D eigenvalue weighted by Crippen LogP contribution is 2.27. The van der Waals surface area contributed by atoms with E-state index in [9.17, 15) is 4.79 Å². The molecule has 1 aromatic carbocycles. The van der Waals surface area contributed by atoms with E-state index in [0.717, 1.165) is 41.3 Å². The molecule has 0 radical (unpaired) electrons. The van der Waals surface area contributed by atoms with Crippen LogP contribution in [0.15, 0.2) is 34.8 Å². The van der Waals surface area contributed by atoms with Crippen molar-refractivity contribution in [2.45, 2.75) is 37.6 Å². The number of para-hydroxylation sites is 1. The Bertz CT molecular complexity index is 1010. The molecule has 158 valence electrons. The highest BCUT2D eigenvalue weighted by atomic mass is 32.2. The molecule has 0 bridgehead atoms. The Hall–Kier alpha value is -2.23. The smallest absolute Gasteiger partial charge is 0.270 e. The summed E-state index contributed by atoms with van der Waals surface area (Å²) >= 11 is 3.09. The van der Waals surface area contributed by atoms with Crippen molar-refractivity contribution in [2.24, 2.45) is 0 Å². The molecule has 3 heterocycles. The molecular weight excluding hydrogens is 416 g/mol. The number of hydrogen-bond acceptors (Lipinski definition) is 7. The fraction of sp³-hybridized carbons (Fsp3) is 0.429. The van der Waals surface area contributed by atoms with Crippen molar-refractivity contribution < 1.29 is 4.79 Å². The van der Waals surface area contributed by atoms with Crippen molar-refractivity contribution >= 4 is 29.0 Å². The van der Waals surface area contributed by atoms with Crippen LogP contribution in [0.3, 0.4) is 0 Å². The van der Waals surface area contributed by atoms with Gasteiger partial charge in [-0.1, -0.05) is 30.0 Å². The number of rotatable bonds is 8. The van der Waals surface area contributed by atoms with Gasteiger partial charge in [0.05, 0.1) is 11.4 Å². The number of amides is 1. The molecule has 2 aromatic heterocycles. The summed E-state index contributed by atoms with van der Waals surface area (Å²) < 4.78 is 2.07. The summed E-state index contributed by atoms with van der Waals surface area (Å²) in [5, 5.41) is 15.1. The van der Waals surface area contributed by atoms with E-state index < -0.39 is 0 Å². The maximum absolute atomic E-state index is 12.4. The second-order valence-corrected chi connectivity index (χ2v) is 9.26. The number of thiazole rings is 1. The number of nitrogens with zero attached hydrogens (tertiary/aromatic N) is 5. The molecule has 3 aromatic rings. The zero-order valence-corrected chi connectivity index (χ0v) is 18.9. The summed E-state index contributed by atoms with van der Waals surface area (Å²) in [4.78, 5) is 19.3. The third kappa shape index (κ3) is 4.91. The SMILES string of the molecule is Cc1ccccc1-n1c(C)nnc1SCc1nc(C(=O)NCCN2CCCC2)cs1. The summed E-state index contributed by atoms with van der Waals surface area (Å²) in [7, 11) is 0. The third-order valence-electron chi connectivity index (χ3n) is 5.17. The van der Waals surface area contributed by atoms with Gasteiger partial charge >= 0.3 is 0 Å². The fourth-order valence-electron chi connectivity index (χ4n) is 3.56. The lowest BCUT2D eigenvalue weighted by Gasteiger charge is -2.14. The van der Waals surface area contributed by atoms with Gasteiger partial charge in [0.1, 0.15) is 16.5 Å². The van der Waals surface area contributed by atoms with Crippen LogP contribution in [0.4, 0.5) is 0 Å². The number of thioether (sulfide) groups is 1. The fourth-order valence-corrected chi connectivity index (χ4v) is 5.34. The van der Waals surface area contributed by atoms with E-state index in [0.29, 0.717) is 18.0 Å². The summed E-state index contributed by atoms with van der Waals surface area (Å²) in [6, 6.07) is 8.20. The molecule has 1 saturated heterocycles. The Labute approximate surface area is 184 Å². The molecule has 1 aliphatic heterocycles. The quantitative estimate of drug-likeness (QED) is 0.539. The number of hydrogen-bond donors (Lipinski definition) is 1. The van der Waals surface area contributed by atoms with Gasteiger partial charge in [-0.05, 0) is 51.4 Å². The summed E-state index contributed by atoms with van der Waals surface area (Å²) in [6.45, 7) is 7.89. The first-order valence-corrected chi connectivity index (χ1v) is 12.0. The van der Waals surface area contributed by atoms with Crippen LogP contribution in [0.2, 0.25) is 0 Å². The topological polar surface area (TPSA) is 75.9 Å². The first-order chi connectivity index (χ1) is 14.6. The van der Waals surface area contributed by atoms with Gasteiger partial charge in [0.15, 0.2) is 5.16 Å². The van der Waals surface area contributed by atoms with Crippen LogP contribution >= 0.6 is 23.1 Å². The van der Waals surface area contributed by atoms with Gasteiger partial charge in [-0.15, -0.1) is 21.5 Å². The van der Waals surface area contributed by atoms with E-state index in [4.69, 9.17) is 0 Å². The van der Waals surface area contributed by atoms with E-state index in [1.54, 1.807) is 11.8 Å². The van der Waals surface area contributed by atoms with E-state index in [2.05, 4.69) is 49.0 Å². The predicted molar refractivity (Wildman–Crippen MR) is 121 cm³/mol. The van der Waals surface area contributed by atoms with E-state index in [1.165, 1.54) is 29.7 Å². The second kappa shape index (κ2) is 9.72. The molecule has 0 saturated carbocycles. The normalized spacial score (nSPS) is 14.3. The zero-order chi connectivity index (χ0) is 20.9. The molecule has 7 nitrogen and oxygen atoms in total. The molecule has 1 N–H and O–H groups in total. The molecule has 0 atom stereocenters. The Morgan fingerprint density at radius 2 is 2.00 bits per heavy atom. The van der Waals surface area contributed by atoms with Crippen molar-refractivity contribution in [1.29, 1.82) is 0 Å². The minimum atomic E-state index is -0.0966. The minimum absolute atomic E-state index is 0.0966. The highest BCUT2D eigenvalue weighted by molar-refractivity contribution is 7.98. The van der Waals surface area contributed by atoms with E-state index in [1.807, 2.05) is 24.4 Å². The van der Waals surface area contributed by atoms with Crippen LogP contribution in [0.25, 0.3) is 5.69 Å². The first kappa shape index (κ1) is 21.0. The number of carbonyl (C=O) groups excluding carboxylic acids is 1. The molecule has 0 spiro atoms. The average Bonchev–Trinajstić information content (AvgIpc) is 3.48. The van der Waals surface area contributed by atoms with Gasteiger partial charge < -0.3 is 10.2 Å². The molecule has 1 aliphatic rings. The molecule has 0 unspecified atom stereocenters. The summed E-state index contributed by atoms with van der Waals surface area (Å²) in [6.07, 6.45) is 2.52. The lowest BCUT2D eigenvalue weighted by Crippen LogP contribution is -2.33. The third-order valence-corrected chi connectivity index (χ3v) is 7.14. The average molecular weight is 443 g/mol. The zero-order valence-electron chi connectivity index (χ0n) is 17.3. The standard InChI is InChI=1S/C21H26N6OS2/c1-15-7-3-4-8-18(15)27-16(2)24-25-21(27)30-14-19-23-17(13-29-19)20(28)22-9-12-26-10-5-6-11-26/h3-4,7-8,13H,5-6,9-12,14H2,1-2H3,(H,22,28). The number of benzene rings is 1. The Morgan fingerprint density at radius 1 is 1.20 bits per heavy atom. The lowest BCUT2D eigenvalue weighted by atomic mass is 10.2. The minimum Gasteiger partial charge on any atom is -0.349 e. The van der Waals surface area contributed by atoms with Crippen LogP contribution in [0.1, 0.15) is 39.7 Å². The van der Waals surface area contributed by atoms with Crippen molar-refractivity contribution in [3.05, 3.63) is 51.7 Å². The van der Waals surface area contributed by atoms with Gasteiger partial charge in [0.25, 0.3) is 5.91 Å². The van der Waals surface area contributed by atoms with Crippen molar-refractivity contribution in [3.8, 4) is 5.69 Å².